The van der Waals surface area contributed by atoms with E-state index < -0.39 is 22.0 Å². The van der Waals surface area contributed by atoms with Crippen LogP contribution in [0.5, 0.6) is 11.5 Å². The molecule has 1 atom stereocenters. The molecule has 186 valence electrons. The van der Waals surface area contributed by atoms with Gasteiger partial charge in [0.25, 0.3) is 0 Å². The van der Waals surface area contributed by atoms with Gasteiger partial charge in [-0.1, -0.05) is 17.3 Å². The number of carboxylic acid groups (broad SMARTS) is 1. The highest BCUT2D eigenvalue weighted by Crippen LogP contribution is 2.25. The van der Waals surface area contributed by atoms with Crippen LogP contribution in [0.25, 0.3) is 11.5 Å². The quantitative estimate of drug-likeness (QED) is 0.235. The lowest BCUT2D eigenvalue weighted by atomic mass is 9.95. The molecule has 3 rings (SSSR count). The Morgan fingerprint density at radius 3 is 2.31 bits per heavy atom. The number of ether oxygens (including phenoxy) is 1. The highest BCUT2D eigenvalue weighted by Gasteiger charge is 2.22. The van der Waals surface area contributed by atoms with Crippen LogP contribution in [-0.2, 0) is 32.8 Å². The fourth-order valence-corrected chi connectivity index (χ4v) is 3.70. The number of carboxylic acids is 1. The molecule has 0 spiro atoms. The summed E-state index contributed by atoms with van der Waals surface area (Å²) in [5.74, 6) is -0.0136. The molecule has 0 aliphatic rings. The molecule has 10 nitrogen and oxygen atoms in total. The van der Waals surface area contributed by atoms with Crippen LogP contribution in [0.4, 0.5) is 0 Å². The van der Waals surface area contributed by atoms with Crippen LogP contribution in [0.2, 0.25) is 0 Å². The van der Waals surface area contributed by atoms with Crippen molar-refractivity contribution in [3.05, 3.63) is 65.5 Å². The van der Waals surface area contributed by atoms with Gasteiger partial charge < -0.3 is 23.3 Å². The van der Waals surface area contributed by atoms with E-state index in [0.717, 1.165) is 11.8 Å². The van der Waals surface area contributed by atoms with Gasteiger partial charge in [-0.2, -0.15) is 8.42 Å². The third-order valence-electron chi connectivity index (χ3n) is 5.02. The Balaban J connectivity index is 1.63. The second-order valence-electron chi connectivity index (χ2n) is 7.78. The van der Waals surface area contributed by atoms with Gasteiger partial charge in [0.15, 0.2) is 0 Å². The van der Waals surface area contributed by atoms with Crippen LogP contribution in [0.3, 0.4) is 0 Å². The topological polar surface area (TPSA) is 138 Å². The molecule has 1 unspecified atom stereocenters. The molecule has 0 aliphatic heterocycles. The highest BCUT2D eigenvalue weighted by atomic mass is 32.2. The Bertz CT molecular complexity index is 1300. The Hall–Kier alpha value is -3.86. The van der Waals surface area contributed by atoms with E-state index in [-0.39, 0.29) is 18.8 Å². The third kappa shape index (κ3) is 7.31. The van der Waals surface area contributed by atoms with E-state index in [4.69, 9.17) is 18.2 Å². The molecule has 0 saturated heterocycles. The maximum Gasteiger partial charge on any atom is 0.312 e. The lowest BCUT2D eigenvalue weighted by Gasteiger charge is -2.12. The van der Waals surface area contributed by atoms with Crippen molar-refractivity contribution in [3.8, 4) is 23.0 Å². The first-order valence-electron chi connectivity index (χ1n) is 10.5. The summed E-state index contributed by atoms with van der Waals surface area (Å²) in [5.41, 5.74) is 2.47. The lowest BCUT2D eigenvalue weighted by Crippen LogP contribution is -2.24. The second-order valence-corrected chi connectivity index (χ2v) is 9.35. The summed E-state index contributed by atoms with van der Waals surface area (Å²) in [6.07, 6.45) is 1.25. The number of oxime groups is 1. The predicted molar refractivity (Wildman–Crippen MR) is 128 cm³/mol. The van der Waals surface area contributed by atoms with Gasteiger partial charge in [-0.15, -0.1) is 0 Å². The summed E-state index contributed by atoms with van der Waals surface area (Å²) in [4.78, 5) is 20.7. The van der Waals surface area contributed by atoms with Gasteiger partial charge in [-0.05, 0) is 62.2 Å². The van der Waals surface area contributed by atoms with E-state index in [9.17, 15) is 18.3 Å². The summed E-state index contributed by atoms with van der Waals surface area (Å²) in [5, 5.41) is 13.2. The van der Waals surface area contributed by atoms with Gasteiger partial charge >= 0.3 is 16.1 Å². The van der Waals surface area contributed by atoms with Crippen LogP contribution in [-0.4, -0.2) is 43.6 Å². The minimum atomic E-state index is -3.60. The third-order valence-corrected chi connectivity index (χ3v) is 5.51. The van der Waals surface area contributed by atoms with E-state index >= 15 is 0 Å². The molecule has 0 radical (unpaired) electrons. The Labute approximate surface area is 203 Å². The fraction of sp³-hybridized carbons (Fsp3) is 0.292. The summed E-state index contributed by atoms with van der Waals surface area (Å²) in [6.45, 7) is 3.56. The Kier molecular flexibility index (Phi) is 8.13. The van der Waals surface area contributed by atoms with Crippen molar-refractivity contribution in [3.63, 3.8) is 0 Å². The number of hydrogen-bond donors (Lipinski definition) is 1. The van der Waals surface area contributed by atoms with E-state index in [1.54, 1.807) is 50.2 Å². The number of aromatic nitrogens is 1. The number of rotatable bonds is 11. The summed E-state index contributed by atoms with van der Waals surface area (Å²) in [7, 11) is -2.23. The first kappa shape index (κ1) is 25.8. The molecule has 0 aliphatic carbocycles. The van der Waals surface area contributed by atoms with Crippen molar-refractivity contribution >= 4 is 21.8 Å². The molecule has 0 bridgehead atoms. The molecule has 0 saturated carbocycles. The minimum Gasteiger partial charge on any atom is -0.487 e. The van der Waals surface area contributed by atoms with E-state index in [1.165, 1.54) is 19.2 Å². The largest absolute Gasteiger partial charge is 0.487 e. The molecule has 0 fully saturated rings. The normalized spacial score (nSPS) is 12.7. The zero-order chi connectivity index (χ0) is 25.6. The SMILES string of the molecule is CO/N=C(\C)C(Cc1ccc(OCc2nc(-c3ccc(OS(C)(=O)=O)cc3)oc2C)cc1)C(=O)O. The summed E-state index contributed by atoms with van der Waals surface area (Å²) < 4.78 is 38.9. The van der Waals surface area contributed by atoms with E-state index in [1.807, 2.05) is 0 Å². The number of nitrogens with zero attached hydrogens (tertiary/aromatic N) is 2. The van der Waals surface area contributed by atoms with E-state index in [2.05, 4.69) is 10.1 Å². The maximum absolute atomic E-state index is 11.5. The smallest absolute Gasteiger partial charge is 0.312 e. The zero-order valence-electron chi connectivity index (χ0n) is 19.7. The van der Waals surface area contributed by atoms with E-state index in [0.29, 0.717) is 34.4 Å². The number of hydrogen-bond acceptors (Lipinski definition) is 9. The second kappa shape index (κ2) is 11.0. The van der Waals surface area contributed by atoms with Gasteiger partial charge in [0, 0.05) is 5.56 Å². The molecular weight excluding hydrogens is 476 g/mol. The van der Waals surface area contributed by atoms with Gasteiger partial charge in [0.05, 0.1) is 12.0 Å². The monoisotopic (exact) mass is 502 g/mol. The number of aliphatic carboxylic acids is 1. The molecular formula is C24H26N2O8S. The lowest BCUT2D eigenvalue weighted by molar-refractivity contribution is -0.139. The van der Waals surface area contributed by atoms with Crippen LogP contribution >= 0.6 is 0 Å². The molecule has 1 heterocycles. The molecule has 3 aromatic rings. The van der Waals surface area contributed by atoms with Crippen molar-refractivity contribution < 1.29 is 36.5 Å². The highest BCUT2D eigenvalue weighted by molar-refractivity contribution is 7.86. The first-order valence-corrected chi connectivity index (χ1v) is 12.4. The average Bonchev–Trinajstić information content (AvgIpc) is 3.16. The fourth-order valence-electron chi connectivity index (χ4n) is 3.24. The summed E-state index contributed by atoms with van der Waals surface area (Å²) in [6, 6.07) is 13.5. The van der Waals surface area contributed by atoms with Crippen LogP contribution in [0.1, 0.15) is 23.9 Å². The molecule has 1 aromatic heterocycles. The number of aryl methyl sites for hydroxylation is 1. The zero-order valence-corrected chi connectivity index (χ0v) is 20.5. The maximum atomic E-state index is 11.5. The van der Waals surface area contributed by atoms with Crippen molar-refractivity contribution in [2.45, 2.75) is 26.9 Å². The van der Waals surface area contributed by atoms with Crippen molar-refractivity contribution in [2.24, 2.45) is 11.1 Å². The first-order chi connectivity index (χ1) is 16.6. The molecule has 35 heavy (non-hydrogen) atoms. The Morgan fingerprint density at radius 2 is 1.74 bits per heavy atom. The number of carbonyl (C=O) groups is 1. The van der Waals surface area contributed by atoms with Crippen molar-refractivity contribution in [1.29, 1.82) is 0 Å². The van der Waals surface area contributed by atoms with Gasteiger partial charge in [0.2, 0.25) is 5.89 Å². The predicted octanol–water partition coefficient (Wildman–Crippen LogP) is 3.83. The molecule has 11 heteroatoms. The van der Waals surface area contributed by atoms with Gasteiger partial charge in [0.1, 0.15) is 42.6 Å². The van der Waals surface area contributed by atoms with Crippen molar-refractivity contribution in [2.75, 3.05) is 13.4 Å². The van der Waals surface area contributed by atoms with Gasteiger partial charge in [-0.25, -0.2) is 4.98 Å². The minimum absolute atomic E-state index is 0.168. The van der Waals surface area contributed by atoms with Crippen LogP contribution < -0.4 is 8.92 Å². The number of benzene rings is 2. The Morgan fingerprint density at radius 1 is 1.11 bits per heavy atom. The standard InChI is InChI=1S/C24H26N2O8S/c1-15(26-31-3)21(24(27)28)13-17-5-9-19(10-6-17)32-14-22-16(2)33-23(25-22)18-7-11-20(12-8-18)34-35(4,29)30/h5-12,21H,13-14H2,1-4H3,(H,27,28)/b26-15+. The number of oxazole rings is 1. The average molecular weight is 503 g/mol. The molecule has 1 N–H and O–H groups in total. The van der Waals surface area contributed by atoms with Gasteiger partial charge in [-0.3, -0.25) is 4.79 Å². The molecule has 2 aromatic carbocycles. The summed E-state index contributed by atoms with van der Waals surface area (Å²) >= 11 is 0. The molecule has 0 amide bonds. The van der Waals surface area contributed by atoms with Crippen molar-refractivity contribution in [1.82, 2.24) is 4.98 Å². The van der Waals surface area contributed by atoms with Crippen LogP contribution in [0, 0.1) is 12.8 Å². The van der Waals surface area contributed by atoms with Crippen LogP contribution in [0.15, 0.2) is 58.1 Å².